The molecule has 1 atom stereocenters. The SMILES string of the molecule is O=S(=O)(O[S+](c1ccccc1)N1CCCCC1)C(F)(F)F. The van der Waals surface area contributed by atoms with Crippen molar-refractivity contribution in [2.45, 2.75) is 29.7 Å². The number of rotatable bonds is 4. The number of halogens is 3. The third kappa shape index (κ3) is 4.12. The molecular weight excluding hydrogens is 327 g/mol. The fraction of sp³-hybridized carbons (Fsp3) is 0.500. The Bertz CT molecular complexity index is 557. The van der Waals surface area contributed by atoms with Gasteiger partial charge in [-0.1, -0.05) is 28.9 Å². The van der Waals surface area contributed by atoms with Crippen molar-refractivity contribution in [3.8, 4) is 0 Å². The molecule has 118 valence electrons. The second kappa shape index (κ2) is 6.55. The third-order valence-corrected chi connectivity index (χ3v) is 6.24. The fourth-order valence-electron chi connectivity index (χ4n) is 1.92. The highest BCUT2D eigenvalue weighted by atomic mass is 32.3. The molecule has 0 radical (unpaired) electrons. The lowest BCUT2D eigenvalue weighted by molar-refractivity contribution is -0.0497. The van der Waals surface area contributed by atoms with Gasteiger partial charge in [0.15, 0.2) is 0 Å². The van der Waals surface area contributed by atoms with Crippen LogP contribution >= 0.6 is 0 Å². The van der Waals surface area contributed by atoms with E-state index in [0.717, 1.165) is 19.3 Å². The molecule has 0 saturated carbocycles. The summed E-state index contributed by atoms with van der Waals surface area (Å²) in [5.41, 5.74) is -5.41. The molecule has 1 aliphatic heterocycles. The van der Waals surface area contributed by atoms with Crippen LogP contribution in [-0.2, 0) is 25.1 Å². The molecule has 1 saturated heterocycles. The van der Waals surface area contributed by atoms with E-state index in [0.29, 0.717) is 18.0 Å². The molecule has 1 fully saturated rings. The first-order chi connectivity index (χ1) is 9.81. The number of hydrogen-bond donors (Lipinski definition) is 0. The van der Waals surface area contributed by atoms with Gasteiger partial charge in [0, 0.05) is 13.1 Å². The van der Waals surface area contributed by atoms with Gasteiger partial charge >= 0.3 is 27.0 Å². The summed E-state index contributed by atoms with van der Waals surface area (Å²) in [5, 5.41) is 0. The molecule has 0 amide bonds. The maximum Gasteiger partial charge on any atom is 0.527 e. The summed E-state index contributed by atoms with van der Waals surface area (Å²) in [7, 11) is -5.62. The van der Waals surface area contributed by atoms with Crippen LogP contribution in [0.2, 0.25) is 0 Å². The van der Waals surface area contributed by atoms with E-state index in [4.69, 9.17) is 0 Å². The van der Waals surface area contributed by atoms with Crippen molar-refractivity contribution in [3.05, 3.63) is 30.3 Å². The van der Waals surface area contributed by atoms with E-state index in [1.165, 1.54) is 0 Å². The van der Waals surface area contributed by atoms with Crippen LogP contribution in [0.15, 0.2) is 35.2 Å². The lowest BCUT2D eigenvalue weighted by Crippen LogP contribution is -2.40. The monoisotopic (exact) mass is 342 g/mol. The van der Waals surface area contributed by atoms with E-state index in [-0.39, 0.29) is 0 Å². The first-order valence-corrected chi connectivity index (χ1v) is 8.88. The van der Waals surface area contributed by atoms with Crippen LogP contribution in [0.5, 0.6) is 0 Å². The van der Waals surface area contributed by atoms with Crippen LogP contribution in [-0.4, -0.2) is 31.3 Å². The fourth-order valence-corrected chi connectivity index (χ4v) is 4.85. The number of hydrogen-bond acceptors (Lipinski definition) is 4. The van der Waals surface area contributed by atoms with Crippen molar-refractivity contribution >= 4 is 21.5 Å². The Hall–Kier alpha value is -0.770. The van der Waals surface area contributed by atoms with Gasteiger partial charge in [0.2, 0.25) is 4.90 Å². The minimum absolute atomic E-state index is 0.423. The van der Waals surface area contributed by atoms with Crippen molar-refractivity contribution in [2.75, 3.05) is 13.1 Å². The number of piperidine rings is 1. The van der Waals surface area contributed by atoms with Crippen LogP contribution in [0, 0.1) is 0 Å². The molecule has 9 heteroatoms. The standard InChI is InChI=1S/C12H15F3NO3S2/c13-12(14,15)21(17,18)19-20(11-7-3-1-4-8-11)16-9-5-2-6-10-16/h1,3-4,7-8H,2,5-6,9-10H2/q+1. The van der Waals surface area contributed by atoms with E-state index in [2.05, 4.69) is 3.63 Å². The zero-order valence-electron chi connectivity index (χ0n) is 11.0. The van der Waals surface area contributed by atoms with E-state index in [1.54, 1.807) is 34.6 Å². The van der Waals surface area contributed by atoms with Crippen LogP contribution in [0.1, 0.15) is 19.3 Å². The first-order valence-electron chi connectivity index (χ1n) is 6.37. The third-order valence-electron chi connectivity index (χ3n) is 2.93. The maximum absolute atomic E-state index is 12.5. The summed E-state index contributed by atoms with van der Waals surface area (Å²) in [4.78, 5) is 0.423. The van der Waals surface area contributed by atoms with Gasteiger partial charge in [-0.25, -0.2) is 0 Å². The van der Waals surface area contributed by atoms with Gasteiger partial charge in [0.1, 0.15) is 0 Å². The Balaban J connectivity index is 2.28. The zero-order valence-corrected chi connectivity index (χ0v) is 12.7. The molecule has 1 unspecified atom stereocenters. The summed E-state index contributed by atoms with van der Waals surface area (Å²) in [5.74, 6) is 0. The van der Waals surface area contributed by atoms with Crippen LogP contribution < -0.4 is 0 Å². The molecule has 0 aromatic heterocycles. The Kier molecular flexibility index (Phi) is 5.18. The summed E-state index contributed by atoms with van der Waals surface area (Å²) in [6.45, 7) is 1.04. The molecule has 1 aromatic carbocycles. The molecule has 0 aliphatic carbocycles. The van der Waals surface area contributed by atoms with Crippen LogP contribution in [0.25, 0.3) is 0 Å². The van der Waals surface area contributed by atoms with E-state index < -0.39 is 27.0 Å². The lowest BCUT2D eigenvalue weighted by Gasteiger charge is -2.22. The molecule has 0 N–H and O–H groups in total. The minimum atomic E-state index is -5.62. The maximum atomic E-state index is 12.5. The molecule has 2 rings (SSSR count). The van der Waals surface area contributed by atoms with Crippen molar-refractivity contribution in [2.24, 2.45) is 0 Å². The Morgan fingerprint density at radius 3 is 2.14 bits per heavy atom. The molecule has 1 aromatic rings. The Morgan fingerprint density at radius 1 is 1.05 bits per heavy atom. The van der Waals surface area contributed by atoms with Crippen molar-refractivity contribution < 1.29 is 25.2 Å². The topological polar surface area (TPSA) is 46.6 Å². The summed E-state index contributed by atoms with van der Waals surface area (Å²) in [6, 6.07) is 8.14. The minimum Gasteiger partial charge on any atom is -0.185 e. The molecule has 4 nitrogen and oxygen atoms in total. The van der Waals surface area contributed by atoms with Gasteiger partial charge in [0.25, 0.3) is 0 Å². The average Bonchev–Trinajstić information content (AvgIpc) is 2.45. The number of nitrogens with zero attached hydrogens (tertiary/aromatic N) is 1. The summed E-state index contributed by atoms with van der Waals surface area (Å²) < 4.78 is 66.5. The smallest absolute Gasteiger partial charge is 0.185 e. The molecule has 0 bridgehead atoms. The van der Waals surface area contributed by atoms with Crippen molar-refractivity contribution in [3.63, 3.8) is 0 Å². The van der Waals surface area contributed by atoms with Gasteiger partial charge in [-0.15, -0.1) is 0 Å². The van der Waals surface area contributed by atoms with Gasteiger partial charge in [-0.05, 0) is 28.6 Å². The zero-order chi connectivity index (χ0) is 15.5. The van der Waals surface area contributed by atoms with E-state index >= 15 is 0 Å². The Labute approximate surface area is 124 Å². The second-order valence-corrected chi connectivity index (χ2v) is 7.92. The van der Waals surface area contributed by atoms with Gasteiger partial charge < -0.3 is 0 Å². The highest BCUT2D eigenvalue weighted by Gasteiger charge is 2.54. The Morgan fingerprint density at radius 2 is 1.62 bits per heavy atom. The van der Waals surface area contributed by atoms with E-state index in [9.17, 15) is 21.6 Å². The van der Waals surface area contributed by atoms with Crippen molar-refractivity contribution in [1.29, 1.82) is 0 Å². The van der Waals surface area contributed by atoms with Gasteiger partial charge in [-0.2, -0.15) is 21.6 Å². The normalized spacial score (nSPS) is 19.4. The number of benzene rings is 1. The number of alkyl halides is 3. The largest absolute Gasteiger partial charge is 0.527 e. The quantitative estimate of drug-likeness (QED) is 0.624. The van der Waals surface area contributed by atoms with Gasteiger partial charge in [0.05, 0.1) is 0 Å². The highest BCUT2D eigenvalue weighted by Crippen LogP contribution is 2.31. The highest BCUT2D eigenvalue weighted by molar-refractivity contribution is 8.01. The lowest BCUT2D eigenvalue weighted by atomic mass is 10.2. The molecule has 1 heterocycles. The predicted molar refractivity (Wildman–Crippen MR) is 73.6 cm³/mol. The van der Waals surface area contributed by atoms with E-state index in [1.807, 2.05) is 0 Å². The molecule has 1 aliphatic rings. The van der Waals surface area contributed by atoms with Crippen molar-refractivity contribution in [1.82, 2.24) is 4.31 Å². The van der Waals surface area contributed by atoms with Crippen LogP contribution in [0.4, 0.5) is 13.2 Å². The molecular formula is C12H15F3NO3S2+. The summed E-state index contributed by atoms with van der Waals surface area (Å²) in [6.07, 6.45) is 2.60. The summed E-state index contributed by atoms with van der Waals surface area (Å²) >= 11 is -1.56. The molecule has 0 spiro atoms. The molecule has 21 heavy (non-hydrogen) atoms. The second-order valence-electron chi connectivity index (χ2n) is 4.52. The predicted octanol–water partition coefficient (Wildman–Crippen LogP) is 2.85. The first kappa shape index (κ1) is 16.6. The van der Waals surface area contributed by atoms with Gasteiger partial charge in [-0.3, -0.25) is 0 Å². The van der Waals surface area contributed by atoms with Crippen LogP contribution in [0.3, 0.4) is 0 Å². The average molecular weight is 342 g/mol.